The number of nitrogens with zero attached hydrogens (tertiary/aromatic N) is 1. The largest absolute Gasteiger partial charge is 0.462 e. The fraction of sp³-hybridized carbons (Fsp3) is 0.417. The lowest BCUT2D eigenvalue weighted by Gasteiger charge is -2.13. The van der Waals surface area contributed by atoms with E-state index in [4.69, 9.17) is 4.74 Å². The molecule has 0 heterocycles. The Kier molecular flexibility index (Phi) is 5.51. The van der Waals surface area contributed by atoms with Gasteiger partial charge in [0.15, 0.2) is 0 Å². The molecule has 0 fully saturated rings. The number of sulfonamides is 1. The quantitative estimate of drug-likeness (QED) is 0.602. The Labute approximate surface area is 121 Å². The number of carbonyl (C=O) groups excluding carboxylic acids is 1. The van der Waals surface area contributed by atoms with E-state index in [0.29, 0.717) is 10.9 Å². The van der Waals surface area contributed by atoms with E-state index in [2.05, 4.69) is 15.9 Å². The second-order valence-electron chi connectivity index (χ2n) is 3.96. The predicted molar refractivity (Wildman–Crippen MR) is 75.9 cm³/mol. The van der Waals surface area contributed by atoms with Crippen LogP contribution in [-0.4, -0.2) is 39.4 Å². The van der Waals surface area contributed by atoms with Crippen LogP contribution in [-0.2, 0) is 20.1 Å². The molecular formula is C12H16BrNO4S. The van der Waals surface area contributed by atoms with Gasteiger partial charge < -0.3 is 4.74 Å². The first kappa shape index (κ1) is 16.1. The number of hydrogen-bond acceptors (Lipinski definition) is 4. The van der Waals surface area contributed by atoms with E-state index in [1.54, 1.807) is 13.0 Å². The first-order valence-corrected chi connectivity index (χ1v) is 8.19. The molecule has 0 spiro atoms. The van der Waals surface area contributed by atoms with Crippen molar-refractivity contribution in [2.45, 2.75) is 17.1 Å². The minimum Gasteiger partial charge on any atom is -0.462 e. The summed E-state index contributed by atoms with van der Waals surface area (Å²) in [4.78, 5) is 11.9. The average Bonchev–Trinajstić information content (AvgIpc) is 2.37. The number of benzene rings is 1. The van der Waals surface area contributed by atoms with Crippen molar-refractivity contribution in [3.8, 4) is 0 Å². The summed E-state index contributed by atoms with van der Waals surface area (Å²) in [5, 5.41) is 0.448. The highest BCUT2D eigenvalue weighted by Crippen LogP contribution is 2.21. The molecule has 0 aliphatic rings. The molecule has 19 heavy (non-hydrogen) atoms. The van der Waals surface area contributed by atoms with Crippen LogP contribution >= 0.6 is 15.9 Å². The Morgan fingerprint density at radius 3 is 2.47 bits per heavy atom. The summed E-state index contributed by atoms with van der Waals surface area (Å²) in [6, 6.07) is 4.44. The van der Waals surface area contributed by atoms with E-state index in [-0.39, 0.29) is 17.1 Å². The number of halogens is 1. The summed E-state index contributed by atoms with van der Waals surface area (Å²) in [5.74, 6) is -0.521. The van der Waals surface area contributed by atoms with Gasteiger partial charge in [-0.1, -0.05) is 22.0 Å². The zero-order valence-corrected chi connectivity index (χ0v) is 13.4. The molecule has 0 aliphatic carbocycles. The van der Waals surface area contributed by atoms with Crippen molar-refractivity contribution in [2.24, 2.45) is 0 Å². The summed E-state index contributed by atoms with van der Waals surface area (Å²) in [5.41, 5.74) is 0.956. The van der Waals surface area contributed by atoms with E-state index in [9.17, 15) is 13.2 Å². The standard InChI is InChI=1S/C12H16BrNO4S/c1-4-18-12(15)11-7-10(6-5-9(11)8-13)19(16,17)14(2)3/h5-7H,4,8H2,1-3H3. The Morgan fingerprint density at radius 1 is 1.37 bits per heavy atom. The third-order valence-corrected chi connectivity index (χ3v) is 4.91. The number of esters is 1. The van der Waals surface area contributed by atoms with Crippen LogP contribution in [0, 0.1) is 0 Å². The highest BCUT2D eigenvalue weighted by molar-refractivity contribution is 9.08. The molecule has 0 saturated carbocycles. The molecule has 0 aliphatic heterocycles. The normalized spacial score (nSPS) is 11.6. The molecule has 0 bridgehead atoms. The van der Waals surface area contributed by atoms with Crippen LogP contribution in [0.3, 0.4) is 0 Å². The Balaban J connectivity index is 3.34. The number of carbonyl (C=O) groups is 1. The van der Waals surface area contributed by atoms with E-state index in [1.165, 1.54) is 26.2 Å². The summed E-state index contributed by atoms with van der Waals surface area (Å²) in [7, 11) is -0.678. The highest BCUT2D eigenvalue weighted by Gasteiger charge is 2.21. The van der Waals surface area contributed by atoms with Gasteiger partial charge in [-0.3, -0.25) is 0 Å². The van der Waals surface area contributed by atoms with E-state index < -0.39 is 16.0 Å². The Bertz CT molecular complexity index is 569. The predicted octanol–water partition coefficient (Wildman–Crippen LogP) is 2.01. The van der Waals surface area contributed by atoms with Gasteiger partial charge in [0, 0.05) is 19.4 Å². The zero-order chi connectivity index (χ0) is 14.6. The highest BCUT2D eigenvalue weighted by atomic mass is 79.9. The van der Waals surface area contributed by atoms with Crippen LogP contribution in [0.25, 0.3) is 0 Å². The van der Waals surface area contributed by atoms with E-state index in [1.807, 2.05) is 0 Å². The van der Waals surface area contributed by atoms with Crippen molar-refractivity contribution in [3.63, 3.8) is 0 Å². The fourth-order valence-corrected chi connectivity index (χ4v) is 2.86. The number of alkyl halides is 1. The lowest BCUT2D eigenvalue weighted by molar-refractivity contribution is 0.0525. The maximum atomic E-state index is 12.0. The lowest BCUT2D eigenvalue weighted by Crippen LogP contribution is -2.22. The van der Waals surface area contributed by atoms with Crippen LogP contribution in [0.5, 0.6) is 0 Å². The molecule has 1 aromatic rings. The minimum atomic E-state index is -3.56. The first-order valence-electron chi connectivity index (χ1n) is 5.63. The van der Waals surface area contributed by atoms with Gasteiger partial charge in [0.25, 0.3) is 0 Å². The molecule has 0 amide bonds. The summed E-state index contributed by atoms with van der Waals surface area (Å²) in [6.07, 6.45) is 0. The van der Waals surface area contributed by atoms with Gasteiger partial charge in [-0.05, 0) is 24.6 Å². The first-order chi connectivity index (χ1) is 8.84. The fourth-order valence-electron chi connectivity index (χ4n) is 1.44. The molecule has 0 atom stereocenters. The topological polar surface area (TPSA) is 63.7 Å². The molecule has 0 unspecified atom stereocenters. The average molecular weight is 350 g/mol. The minimum absolute atomic E-state index is 0.0743. The Hall–Kier alpha value is -0.920. The second-order valence-corrected chi connectivity index (χ2v) is 6.67. The number of rotatable bonds is 5. The van der Waals surface area contributed by atoms with Crippen molar-refractivity contribution < 1.29 is 17.9 Å². The molecular weight excluding hydrogens is 334 g/mol. The van der Waals surface area contributed by atoms with Crippen molar-refractivity contribution >= 4 is 31.9 Å². The summed E-state index contributed by atoms with van der Waals surface area (Å²) in [6.45, 7) is 1.94. The van der Waals surface area contributed by atoms with Crippen LogP contribution in [0.15, 0.2) is 23.1 Å². The van der Waals surface area contributed by atoms with Gasteiger partial charge >= 0.3 is 5.97 Å². The summed E-state index contributed by atoms with van der Waals surface area (Å²) < 4.78 is 30.1. The smallest absolute Gasteiger partial charge is 0.338 e. The lowest BCUT2D eigenvalue weighted by atomic mass is 10.1. The number of hydrogen-bond donors (Lipinski definition) is 0. The third kappa shape index (κ3) is 3.55. The third-order valence-electron chi connectivity index (χ3n) is 2.50. The molecule has 7 heteroatoms. The van der Waals surface area contributed by atoms with Crippen LogP contribution in [0.1, 0.15) is 22.8 Å². The molecule has 0 N–H and O–H groups in total. The van der Waals surface area contributed by atoms with Crippen molar-refractivity contribution in [3.05, 3.63) is 29.3 Å². The van der Waals surface area contributed by atoms with Crippen molar-refractivity contribution in [1.29, 1.82) is 0 Å². The molecule has 0 saturated heterocycles. The van der Waals surface area contributed by atoms with Gasteiger partial charge in [-0.2, -0.15) is 0 Å². The summed E-state index contributed by atoms with van der Waals surface area (Å²) >= 11 is 3.26. The molecule has 1 aromatic carbocycles. The maximum absolute atomic E-state index is 12.0. The number of ether oxygens (including phenoxy) is 1. The second kappa shape index (κ2) is 6.49. The molecule has 106 valence electrons. The Morgan fingerprint density at radius 2 is 2.00 bits per heavy atom. The molecule has 1 rings (SSSR count). The van der Waals surface area contributed by atoms with Crippen LogP contribution in [0.2, 0.25) is 0 Å². The maximum Gasteiger partial charge on any atom is 0.338 e. The van der Waals surface area contributed by atoms with Gasteiger partial charge in [0.2, 0.25) is 10.0 Å². The van der Waals surface area contributed by atoms with Gasteiger partial charge in [0.1, 0.15) is 0 Å². The van der Waals surface area contributed by atoms with E-state index >= 15 is 0 Å². The SMILES string of the molecule is CCOC(=O)c1cc(S(=O)(=O)N(C)C)ccc1CBr. The van der Waals surface area contributed by atoms with Crippen LogP contribution in [0.4, 0.5) is 0 Å². The van der Waals surface area contributed by atoms with Gasteiger partial charge in [-0.25, -0.2) is 17.5 Å². The molecule has 0 radical (unpaired) electrons. The van der Waals surface area contributed by atoms with Gasteiger partial charge in [-0.15, -0.1) is 0 Å². The van der Waals surface area contributed by atoms with Crippen molar-refractivity contribution in [2.75, 3.05) is 20.7 Å². The van der Waals surface area contributed by atoms with E-state index in [0.717, 1.165) is 4.31 Å². The zero-order valence-electron chi connectivity index (χ0n) is 11.0. The van der Waals surface area contributed by atoms with Crippen molar-refractivity contribution in [1.82, 2.24) is 4.31 Å². The molecule has 0 aromatic heterocycles. The van der Waals surface area contributed by atoms with Gasteiger partial charge in [0.05, 0.1) is 17.1 Å². The monoisotopic (exact) mass is 349 g/mol. The van der Waals surface area contributed by atoms with Crippen LogP contribution < -0.4 is 0 Å². The molecule has 5 nitrogen and oxygen atoms in total.